The number of aromatic nitrogens is 1. The van der Waals surface area contributed by atoms with Crippen molar-refractivity contribution in [2.45, 2.75) is 31.8 Å². The van der Waals surface area contributed by atoms with Crippen LogP contribution in [0, 0.1) is 6.92 Å². The zero-order valence-electron chi connectivity index (χ0n) is 9.89. The molecule has 1 aromatic heterocycles. The Hall–Kier alpha value is -1.19. The molecule has 1 aromatic carbocycles. The Morgan fingerprint density at radius 3 is 2.82 bits per heavy atom. The highest BCUT2D eigenvalue weighted by atomic mass is 32.1. The zero-order chi connectivity index (χ0) is 11.7. The second kappa shape index (κ2) is 4.59. The first kappa shape index (κ1) is 10.9. The third-order valence-electron chi connectivity index (χ3n) is 3.18. The Bertz CT molecular complexity index is 489. The molecule has 3 rings (SSSR count). The molecule has 1 aliphatic carbocycles. The van der Waals surface area contributed by atoms with E-state index in [4.69, 9.17) is 0 Å². The highest BCUT2D eigenvalue weighted by molar-refractivity contribution is 7.09. The predicted octanol–water partition coefficient (Wildman–Crippen LogP) is 3.29. The van der Waals surface area contributed by atoms with E-state index in [1.165, 1.54) is 29.0 Å². The van der Waals surface area contributed by atoms with Gasteiger partial charge in [0.15, 0.2) is 0 Å². The van der Waals surface area contributed by atoms with Gasteiger partial charge in [0.2, 0.25) is 0 Å². The number of hydrogen-bond donors (Lipinski definition) is 1. The first-order valence-electron chi connectivity index (χ1n) is 6.05. The van der Waals surface area contributed by atoms with Crippen LogP contribution in [0.25, 0.3) is 0 Å². The van der Waals surface area contributed by atoms with Crippen LogP contribution in [0.4, 0.5) is 0 Å². The molecule has 17 heavy (non-hydrogen) atoms. The van der Waals surface area contributed by atoms with Crippen LogP contribution < -0.4 is 5.32 Å². The van der Waals surface area contributed by atoms with Gasteiger partial charge in [-0.2, -0.15) is 0 Å². The third kappa shape index (κ3) is 2.40. The predicted molar refractivity (Wildman–Crippen MR) is 71.3 cm³/mol. The fraction of sp³-hybridized carbons (Fsp3) is 0.357. The number of aryl methyl sites for hydroxylation is 1. The van der Waals surface area contributed by atoms with Crippen molar-refractivity contribution in [1.29, 1.82) is 0 Å². The number of benzene rings is 1. The summed E-state index contributed by atoms with van der Waals surface area (Å²) in [5.74, 6) is 0. The Labute approximate surface area is 106 Å². The van der Waals surface area contributed by atoms with Crippen molar-refractivity contribution in [3.05, 3.63) is 52.0 Å². The van der Waals surface area contributed by atoms with Crippen molar-refractivity contribution < 1.29 is 0 Å². The van der Waals surface area contributed by atoms with Gasteiger partial charge in [0.05, 0.1) is 6.04 Å². The van der Waals surface area contributed by atoms with E-state index >= 15 is 0 Å². The summed E-state index contributed by atoms with van der Waals surface area (Å²) in [6.07, 6.45) is 4.49. The minimum Gasteiger partial charge on any atom is -0.301 e. The molecule has 0 spiro atoms. The fourth-order valence-electron chi connectivity index (χ4n) is 2.07. The van der Waals surface area contributed by atoms with Crippen LogP contribution in [-0.4, -0.2) is 11.0 Å². The summed E-state index contributed by atoms with van der Waals surface area (Å²) in [6.45, 7) is 2.17. The Morgan fingerprint density at radius 1 is 1.35 bits per heavy atom. The van der Waals surface area contributed by atoms with Crippen LogP contribution in [0.1, 0.15) is 35.0 Å². The van der Waals surface area contributed by atoms with Gasteiger partial charge in [0.1, 0.15) is 5.01 Å². The number of nitrogens with one attached hydrogen (secondary N) is 1. The first-order valence-corrected chi connectivity index (χ1v) is 6.93. The third-order valence-corrected chi connectivity index (χ3v) is 4.02. The van der Waals surface area contributed by atoms with Gasteiger partial charge >= 0.3 is 0 Å². The summed E-state index contributed by atoms with van der Waals surface area (Å²) in [6, 6.07) is 9.53. The lowest BCUT2D eigenvalue weighted by Gasteiger charge is -2.18. The van der Waals surface area contributed by atoms with Crippen molar-refractivity contribution in [2.75, 3.05) is 0 Å². The Morgan fingerprint density at radius 2 is 2.18 bits per heavy atom. The van der Waals surface area contributed by atoms with Gasteiger partial charge in [-0.3, -0.25) is 0 Å². The zero-order valence-corrected chi connectivity index (χ0v) is 10.7. The van der Waals surface area contributed by atoms with Crippen molar-refractivity contribution in [3.8, 4) is 0 Å². The molecule has 0 amide bonds. The van der Waals surface area contributed by atoms with Gasteiger partial charge in [-0.1, -0.05) is 24.3 Å². The van der Waals surface area contributed by atoms with Gasteiger partial charge in [-0.05, 0) is 30.9 Å². The molecule has 1 heterocycles. The molecule has 1 N–H and O–H groups in total. The van der Waals surface area contributed by atoms with Gasteiger partial charge in [-0.15, -0.1) is 11.3 Å². The van der Waals surface area contributed by atoms with E-state index < -0.39 is 0 Å². The van der Waals surface area contributed by atoms with E-state index in [9.17, 15) is 0 Å². The van der Waals surface area contributed by atoms with Crippen molar-refractivity contribution in [1.82, 2.24) is 10.3 Å². The first-order chi connectivity index (χ1) is 8.34. The summed E-state index contributed by atoms with van der Waals surface area (Å²) in [4.78, 5) is 4.47. The summed E-state index contributed by atoms with van der Waals surface area (Å²) < 4.78 is 0. The topological polar surface area (TPSA) is 24.9 Å². The standard InChI is InChI=1S/C14H16N2S/c1-10-4-2-3-5-12(10)13(16-11-6-7-11)14-15-8-9-17-14/h2-5,8-9,11,13,16H,6-7H2,1H3. The highest BCUT2D eigenvalue weighted by Gasteiger charge is 2.28. The van der Waals surface area contributed by atoms with Gasteiger partial charge < -0.3 is 5.32 Å². The molecule has 1 atom stereocenters. The van der Waals surface area contributed by atoms with Crippen molar-refractivity contribution >= 4 is 11.3 Å². The number of nitrogens with zero attached hydrogens (tertiary/aromatic N) is 1. The molecule has 1 aliphatic rings. The lowest BCUT2D eigenvalue weighted by Crippen LogP contribution is -2.24. The lowest BCUT2D eigenvalue weighted by molar-refractivity contribution is 0.595. The minimum absolute atomic E-state index is 0.267. The molecule has 2 aromatic rings. The molecule has 0 saturated heterocycles. The minimum atomic E-state index is 0.267. The maximum absolute atomic E-state index is 4.47. The molecule has 3 heteroatoms. The van der Waals surface area contributed by atoms with Crippen molar-refractivity contribution in [2.24, 2.45) is 0 Å². The highest BCUT2D eigenvalue weighted by Crippen LogP contribution is 2.31. The van der Waals surface area contributed by atoms with Crippen LogP contribution >= 0.6 is 11.3 Å². The SMILES string of the molecule is Cc1ccccc1C(NC1CC1)c1nccs1. The van der Waals surface area contributed by atoms with Gasteiger partial charge in [0, 0.05) is 17.6 Å². The van der Waals surface area contributed by atoms with E-state index in [1.807, 2.05) is 6.20 Å². The second-order valence-corrected chi connectivity index (χ2v) is 5.53. The van der Waals surface area contributed by atoms with Crippen LogP contribution in [0.2, 0.25) is 0 Å². The normalized spacial score (nSPS) is 17.0. The average Bonchev–Trinajstić information content (AvgIpc) is 3.00. The number of thiazole rings is 1. The quantitative estimate of drug-likeness (QED) is 0.892. The van der Waals surface area contributed by atoms with Crippen LogP contribution in [0.5, 0.6) is 0 Å². The molecule has 1 fully saturated rings. The molecule has 0 bridgehead atoms. The monoisotopic (exact) mass is 244 g/mol. The Balaban J connectivity index is 1.95. The average molecular weight is 244 g/mol. The molecule has 1 saturated carbocycles. The van der Waals surface area contributed by atoms with E-state index in [-0.39, 0.29) is 6.04 Å². The number of rotatable bonds is 4. The summed E-state index contributed by atoms with van der Waals surface area (Å²) in [5, 5.41) is 6.92. The Kier molecular flexibility index (Phi) is 2.95. The van der Waals surface area contributed by atoms with Gasteiger partial charge in [0.25, 0.3) is 0 Å². The summed E-state index contributed by atoms with van der Waals surface area (Å²) in [5.41, 5.74) is 2.69. The molecule has 1 unspecified atom stereocenters. The smallest absolute Gasteiger partial charge is 0.114 e. The molecular weight excluding hydrogens is 228 g/mol. The second-order valence-electron chi connectivity index (χ2n) is 4.60. The maximum Gasteiger partial charge on any atom is 0.114 e. The van der Waals surface area contributed by atoms with Crippen LogP contribution in [0.15, 0.2) is 35.8 Å². The van der Waals surface area contributed by atoms with Crippen LogP contribution in [0.3, 0.4) is 0 Å². The van der Waals surface area contributed by atoms with Gasteiger partial charge in [-0.25, -0.2) is 4.98 Å². The van der Waals surface area contributed by atoms with E-state index in [0.717, 1.165) is 0 Å². The van der Waals surface area contributed by atoms with E-state index in [0.29, 0.717) is 6.04 Å². The summed E-state index contributed by atoms with van der Waals surface area (Å²) >= 11 is 1.73. The van der Waals surface area contributed by atoms with Crippen molar-refractivity contribution in [3.63, 3.8) is 0 Å². The van der Waals surface area contributed by atoms with E-state index in [1.54, 1.807) is 11.3 Å². The van der Waals surface area contributed by atoms with Crippen LogP contribution in [-0.2, 0) is 0 Å². The largest absolute Gasteiger partial charge is 0.301 e. The summed E-state index contributed by atoms with van der Waals surface area (Å²) in [7, 11) is 0. The fourth-order valence-corrected chi connectivity index (χ4v) is 2.78. The number of hydrogen-bond acceptors (Lipinski definition) is 3. The molecule has 0 aliphatic heterocycles. The molecule has 2 nitrogen and oxygen atoms in total. The van der Waals surface area contributed by atoms with E-state index in [2.05, 4.69) is 46.9 Å². The molecule has 88 valence electrons. The maximum atomic E-state index is 4.47. The molecular formula is C14H16N2S. The lowest BCUT2D eigenvalue weighted by atomic mass is 10.0. The molecule has 0 radical (unpaired) electrons.